The van der Waals surface area contributed by atoms with Crippen molar-refractivity contribution >= 4 is 28.5 Å². The summed E-state index contributed by atoms with van der Waals surface area (Å²) < 4.78 is 8.43. The topological polar surface area (TPSA) is 82.1 Å². The van der Waals surface area contributed by atoms with Gasteiger partial charge in [0.2, 0.25) is 5.91 Å². The Bertz CT molecular complexity index is 1240. The molecule has 0 bridgehead atoms. The standard InChI is InChI=1S/C21H19ClN4O3/c1-13-14(2)26(16-7-5-15(22)6-8-16)20-19(13)21(28)25(12-24-20)11-18(27)23-10-17-4-3-9-29-17/h3-9,12H,10-11H2,1-2H3,(H,23,27). The van der Waals surface area contributed by atoms with Crippen molar-refractivity contribution in [1.82, 2.24) is 19.4 Å². The molecule has 3 aromatic heterocycles. The van der Waals surface area contributed by atoms with Crippen molar-refractivity contribution in [1.29, 1.82) is 0 Å². The first kappa shape index (κ1) is 19.0. The van der Waals surface area contributed by atoms with Crippen LogP contribution in [0.25, 0.3) is 16.7 Å². The zero-order valence-electron chi connectivity index (χ0n) is 16.0. The number of rotatable bonds is 5. The number of nitrogens with one attached hydrogen (secondary N) is 1. The lowest BCUT2D eigenvalue weighted by atomic mass is 10.2. The van der Waals surface area contributed by atoms with Gasteiger partial charge in [-0.3, -0.25) is 18.7 Å². The minimum atomic E-state index is -0.295. The maximum absolute atomic E-state index is 13.1. The van der Waals surface area contributed by atoms with Crippen LogP contribution < -0.4 is 10.9 Å². The Morgan fingerprint density at radius 1 is 1.21 bits per heavy atom. The summed E-state index contributed by atoms with van der Waals surface area (Å²) in [6.45, 7) is 3.97. The lowest BCUT2D eigenvalue weighted by Gasteiger charge is -2.09. The van der Waals surface area contributed by atoms with Crippen molar-refractivity contribution < 1.29 is 9.21 Å². The molecule has 29 heavy (non-hydrogen) atoms. The molecule has 3 heterocycles. The van der Waals surface area contributed by atoms with E-state index < -0.39 is 0 Å². The summed E-state index contributed by atoms with van der Waals surface area (Å²) in [4.78, 5) is 29.8. The molecule has 1 amide bonds. The van der Waals surface area contributed by atoms with Crippen molar-refractivity contribution in [2.75, 3.05) is 0 Å². The quantitative estimate of drug-likeness (QED) is 0.547. The molecule has 1 aromatic carbocycles. The number of halogens is 1. The van der Waals surface area contributed by atoms with Crippen molar-refractivity contribution in [3.63, 3.8) is 0 Å². The van der Waals surface area contributed by atoms with Crippen molar-refractivity contribution in [2.24, 2.45) is 0 Å². The van der Waals surface area contributed by atoms with Gasteiger partial charge in [0.15, 0.2) is 5.65 Å². The minimum absolute atomic E-state index is 0.118. The number of nitrogens with zero attached hydrogens (tertiary/aromatic N) is 3. The second-order valence-electron chi connectivity index (χ2n) is 6.75. The van der Waals surface area contributed by atoms with Gasteiger partial charge in [-0.2, -0.15) is 0 Å². The molecule has 1 N–H and O–H groups in total. The van der Waals surface area contributed by atoms with Gasteiger partial charge in [0.1, 0.15) is 18.6 Å². The maximum Gasteiger partial charge on any atom is 0.263 e. The van der Waals surface area contributed by atoms with E-state index in [1.807, 2.05) is 30.5 Å². The van der Waals surface area contributed by atoms with Crippen LogP contribution in [0.3, 0.4) is 0 Å². The molecule has 0 radical (unpaired) electrons. The zero-order chi connectivity index (χ0) is 20.5. The number of amides is 1. The summed E-state index contributed by atoms with van der Waals surface area (Å²) in [6.07, 6.45) is 2.95. The summed E-state index contributed by atoms with van der Waals surface area (Å²) in [7, 11) is 0. The van der Waals surface area contributed by atoms with E-state index in [1.165, 1.54) is 10.9 Å². The van der Waals surface area contributed by atoms with Crippen LogP contribution in [0.5, 0.6) is 0 Å². The van der Waals surface area contributed by atoms with E-state index in [4.69, 9.17) is 16.0 Å². The van der Waals surface area contributed by atoms with E-state index >= 15 is 0 Å². The van der Waals surface area contributed by atoms with E-state index in [2.05, 4.69) is 10.3 Å². The van der Waals surface area contributed by atoms with Crippen LogP contribution in [-0.2, 0) is 17.9 Å². The Morgan fingerprint density at radius 2 is 1.97 bits per heavy atom. The SMILES string of the molecule is Cc1c(C)n(-c2ccc(Cl)cc2)c2ncn(CC(=O)NCc3ccco3)c(=O)c12. The first-order valence-corrected chi connectivity index (χ1v) is 9.45. The van der Waals surface area contributed by atoms with Crippen LogP contribution in [-0.4, -0.2) is 20.0 Å². The summed E-state index contributed by atoms with van der Waals surface area (Å²) in [5.74, 6) is 0.349. The summed E-state index contributed by atoms with van der Waals surface area (Å²) in [6, 6.07) is 10.9. The summed E-state index contributed by atoms with van der Waals surface area (Å²) in [5, 5.41) is 3.87. The third-order valence-corrected chi connectivity index (χ3v) is 5.17. The highest BCUT2D eigenvalue weighted by molar-refractivity contribution is 6.30. The van der Waals surface area contributed by atoms with Crippen molar-refractivity contribution in [3.8, 4) is 5.69 Å². The molecule has 0 unspecified atom stereocenters. The highest BCUT2D eigenvalue weighted by atomic mass is 35.5. The lowest BCUT2D eigenvalue weighted by molar-refractivity contribution is -0.122. The molecule has 4 rings (SSSR count). The summed E-state index contributed by atoms with van der Waals surface area (Å²) in [5.41, 5.74) is 2.91. The highest BCUT2D eigenvalue weighted by Crippen LogP contribution is 2.25. The molecule has 4 aromatic rings. The molecule has 0 saturated heterocycles. The zero-order valence-corrected chi connectivity index (χ0v) is 16.7. The molecule has 0 spiro atoms. The van der Waals surface area contributed by atoms with Gasteiger partial charge < -0.3 is 9.73 Å². The number of carbonyl (C=O) groups is 1. The Hall–Kier alpha value is -3.32. The molecule has 0 saturated carbocycles. The number of benzene rings is 1. The molecule has 148 valence electrons. The second kappa shape index (κ2) is 7.60. The molecule has 0 aliphatic rings. The Morgan fingerprint density at radius 3 is 2.66 bits per heavy atom. The number of carbonyl (C=O) groups excluding carboxylic acids is 1. The predicted molar refractivity (Wildman–Crippen MR) is 110 cm³/mol. The number of furan rings is 1. The van der Waals surface area contributed by atoms with Crippen LogP contribution in [0.4, 0.5) is 0 Å². The second-order valence-corrected chi connectivity index (χ2v) is 7.19. The molecule has 7 nitrogen and oxygen atoms in total. The maximum atomic E-state index is 13.1. The first-order valence-electron chi connectivity index (χ1n) is 9.08. The Labute approximate surface area is 171 Å². The summed E-state index contributed by atoms with van der Waals surface area (Å²) >= 11 is 5.99. The fourth-order valence-corrected chi connectivity index (χ4v) is 3.44. The van der Waals surface area contributed by atoms with Gasteiger partial charge in [0, 0.05) is 16.4 Å². The molecule has 8 heteroatoms. The first-order chi connectivity index (χ1) is 14.0. The average molecular weight is 411 g/mol. The van der Waals surface area contributed by atoms with Crippen LogP contribution in [0.2, 0.25) is 5.02 Å². The largest absolute Gasteiger partial charge is 0.467 e. The minimum Gasteiger partial charge on any atom is -0.467 e. The Balaban J connectivity index is 1.67. The van der Waals surface area contributed by atoms with Gasteiger partial charge in [-0.15, -0.1) is 0 Å². The van der Waals surface area contributed by atoms with Gasteiger partial charge in [-0.25, -0.2) is 4.98 Å². The van der Waals surface area contributed by atoms with Crippen molar-refractivity contribution in [3.05, 3.63) is 81.4 Å². The van der Waals surface area contributed by atoms with Gasteiger partial charge in [-0.1, -0.05) is 11.6 Å². The molecule has 0 atom stereocenters. The van der Waals surface area contributed by atoms with Crippen LogP contribution in [0.1, 0.15) is 17.0 Å². The number of hydrogen-bond acceptors (Lipinski definition) is 4. The van der Waals surface area contributed by atoms with Crippen LogP contribution in [0, 0.1) is 13.8 Å². The number of fused-ring (bicyclic) bond motifs is 1. The molecule has 0 fully saturated rings. The van der Waals surface area contributed by atoms with E-state index in [9.17, 15) is 9.59 Å². The van der Waals surface area contributed by atoms with Crippen LogP contribution in [0.15, 0.2) is 58.2 Å². The molecular formula is C21H19ClN4O3. The molecule has 0 aliphatic carbocycles. The molecule has 0 aliphatic heterocycles. The number of hydrogen-bond donors (Lipinski definition) is 1. The van der Waals surface area contributed by atoms with Crippen LogP contribution >= 0.6 is 11.6 Å². The fraction of sp³-hybridized carbons (Fsp3) is 0.190. The predicted octanol–water partition coefficient (Wildman–Crippen LogP) is 3.37. The smallest absolute Gasteiger partial charge is 0.263 e. The van der Waals surface area contributed by atoms with Crippen molar-refractivity contribution in [2.45, 2.75) is 26.9 Å². The van der Waals surface area contributed by atoms with E-state index in [1.54, 1.807) is 30.5 Å². The molecular weight excluding hydrogens is 392 g/mol. The van der Waals surface area contributed by atoms with E-state index in [0.717, 1.165) is 16.9 Å². The monoisotopic (exact) mass is 410 g/mol. The normalized spacial score (nSPS) is 11.1. The van der Waals surface area contributed by atoms with Gasteiger partial charge in [0.05, 0.1) is 18.2 Å². The van der Waals surface area contributed by atoms with Gasteiger partial charge in [0.25, 0.3) is 5.56 Å². The lowest BCUT2D eigenvalue weighted by Crippen LogP contribution is -2.32. The third kappa shape index (κ3) is 3.56. The number of aryl methyl sites for hydroxylation is 1. The fourth-order valence-electron chi connectivity index (χ4n) is 3.31. The third-order valence-electron chi connectivity index (χ3n) is 4.92. The Kier molecular flexibility index (Phi) is 4.98. The average Bonchev–Trinajstić information content (AvgIpc) is 3.31. The van der Waals surface area contributed by atoms with E-state index in [0.29, 0.717) is 21.8 Å². The highest BCUT2D eigenvalue weighted by Gasteiger charge is 2.18. The van der Waals surface area contributed by atoms with Gasteiger partial charge in [-0.05, 0) is 55.8 Å². The number of aromatic nitrogens is 3. The van der Waals surface area contributed by atoms with E-state index in [-0.39, 0.29) is 24.6 Å². The van der Waals surface area contributed by atoms with Gasteiger partial charge >= 0.3 is 0 Å².